The molecular formula is C14H20O2. The Hall–Kier alpha value is -1.31. The molecule has 0 radical (unpaired) electrons. The lowest BCUT2D eigenvalue weighted by Gasteiger charge is -2.09. The summed E-state index contributed by atoms with van der Waals surface area (Å²) in [4.78, 5) is 11.4. The van der Waals surface area contributed by atoms with Gasteiger partial charge in [0, 0.05) is 6.42 Å². The number of rotatable bonds is 4. The largest absolute Gasteiger partial charge is 0.461 e. The Morgan fingerprint density at radius 1 is 1.31 bits per heavy atom. The van der Waals surface area contributed by atoms with Crippen LogP contribution in [-0.4, -0.2) is 5.97 Å². The third-order valence-electron chi connectivity index (χ3n) is 2.47. The van der Waals surface area contributed by atoms with Crippen molar-refractivity contribution in [3.8, 4) is 0 Å². The minimum absolute atomic E-state index is 0.115. The molecule has 0 heterocycles. The first-order valence-electron chi connectivity index (χ1n) is 5.71. The zero-order valence-electron chi connectivity index (χ0n) is 10.5. The summed E-state index contributed by atoms with van der Waals surface area (Å²) in [6.07, 6.45) is 0.491. The van der Waals surface area contributed by atoms with Crippen LogP contribution in [0.4, 0.5) is 0 Å². The molecule has 0 bridgehead atoms. The Kier molecular flexibility index (Phi) is 4.53. The highest BCUT2D eigenvalue weighted by Gasteiger charge is 2.07. The molecule has 0 fully saturated rings. The van der Waals surface area contributed by atoms with Gasteiger partial charge in [-0.05, 0) is 30.9 Å². The van der Waals surface area contributed by atoms with Gasteiger partial charge >= 0.3 is 5.97 Å². The van der Waals surface area contributed by atoms with E-state index in [1.54, 1.807) is 0 Å². The smallest absolute Gasteiger partial charge is 0.306 e. The number of hydrogen-bond acceptors (Lipinski definition) is 2. The molecule has 16 heavy (non-hydrogen) atoms. The van der Waals surface area contributed by atoms with Crippen molar-refractivity contribution in [1.29, 1.82) is 0 Å². The van der Waals surface area contributed by atoms with Gasteiger partial charge in [-0.15, -0.1) is 0 Å². The van der Waals surface area contributed by atoms with E-state index in [4.69, 9.17) is 4.74 Å². The second-order valence-electron chi connectivity index (χ2n) is 4.69. The van der Waals surface area contributed by atoms with Crippen molar-refractivity contribution in [3.63, 3.8) is 0 Å². The number of carbonyl (C=O) groups is 1. The number of aryl methyl sites for hydroxylation is 2. The van der Waals surface area contributed by atoms with Crippen LogP contribution in [-0.2, 0) is 16.1 Å². The minimum atomic E-state index is -0.115. The van der Waals surface area contributed by atoms with Gasteiger partial charge in [0.25, 0.3) is 0 Å². The van der Waals surface area contributed by atoms with Crippen molar-refractivity contribution in [2.45, 2.75) is 40.7 Å². The van der Waals surface area contributed by atoms with Crippen LogP contribution in [0.1, 0.15) is 37.0 Å². The monoisotopic (exact) mass is 220 g/mol. The van der Waals surface area contributed by atoms with Gasteiger partial charge in [0.15, 0.2) is 0 Å². The van der Waals surface area contributed by atoms with E-state index in [0.29, 0.717) is 18.9 Å². The van der Waals surface area contributed by atoms with Crippen molar-refractivity contribution in [1.82, 2.24) is 0 Å². The Morgan fingerprint density at radius 3 is 2.62 bits per heavy atom. The lowest BCUT2D eigenvalue weighted by atomic mass is 10.1. The van der Waals surface area contributed by atoms with Crippen LogP contribution in [0.3, 0.4) is 0 Å². The highest BCUT2D eigenvalue weighted by molar-refractivity contribution is 5.69. The fourth-order valence-corrected chi connectivity index (χ4v) is 1.51. The van der Waals surface area contributed by atoms with E-state index in [1.807, 2.05) is 27.7 Å². The number of benzene rings is 1. The molecule has 1 aromatic rings. The summed E-state index contributed by atoms with van der Waals surface area (Å²) in [5, 5.41) is 0. The number of carbonyl (C=O) groups excluding carboxylic acids is 1. The first-order chi connectivity index (χ1) is 7.49. The first kappa shape index (κ1) is 12.8. The Balaban J connectivity index is 2.54. The first-order valence-corrected chi connectivity index (χ1v) is 5.71. The quantitative estimate of drug-likeness (QED) is 0.727. The summed E-state index contributed by atoms with van der Waals surface area (Å²) in [7, 11) is 0. The molecule has 0 spiro atoms. The number of esters is 1. The van der Waals surface area contributed by atoms with Crippen LogP contribution in [0.15, 0.2) is 18.2 Å². The van der Waals surface area contributed by atoms with Crippen LogP contribution >= 0.6 is 0 Å². The summed E-state index contributed by atoms with van der Waals surface area (Å²) in [5.74, 6) is 0.238. The zero-order valence-corrected chi connectivity index (χ0v) is 10.5. The van der Waals surface area contributed by atoms with Crippen LogP contribution < -0.4 is 0 Å². The maximum Gasteiger partial charge on any atom is 0.306 e. The van der Waals surface area contributed by atoms with E-state index in [9.17, 15) is 4.79 Å². The Labute approximate surface area is 97.6 Å². The summed E-state index contributed by atoms with van der Waals surface area (Å²) in [6.45, 7) is 8.49. The fourth-order valence-electron chi connectivity index (χ4n) is 1.51. The number of hydrogen-bond donors (Lipinski definition) is 0. The van der Waals surface area contributed by atoms with Gasteiger partial charge in [0.05, 0.1) is 0 Å². The standard InChI is InChI=1S/C14H20O2/c1-10(2)7-14(15)16-9-13-8-11(3)5-6-12(13)4/h5-6,8,10H,7,9H2,1-4H3. The lowest BCUT2D eigenvalue weighted by molar-refractivity contribution is -0.145. The van der Waals surface area contributed by atoms with Crippen molar-refractivity contribution in [3.05, 3.63) is 34.9 Å². The van der Waals surface area contributed by atoms with E-state index in [1.165, 1.54) is 11.1 Å². The molecule has 1 rings (SSSR count). The predicted octanol–water partition coefficient (Wildman–Crippen LogP) is 3.39. The molecule has 0 amide bonds. The molecule has 1 aromatic carbocycles. The maximum atomic E-state index is 11.4. The molecule has 0 aromatic heterocycles. The average Bonchev–Trinajstić information content (AvgIpc) is 2.18. The topological polar surface area (TPSA) is 26.3 Å². The van der Waals surface area contributed by atoms with Gasteiger partial charge in [0.2, 0.25) is 0 Å². The summed E-state index contributed by atoms with van der Waals surface area (Å²) in [5.41, 5.74) is 3.46. The van der Waals surface area contributed by atoms with Crippen LogP contribution in [0, 0.1) is 19.8 Å². The van der Waals surface area contributed by atoms with Crippen molar-refractivity contribution in [2.24, 2.45) is 5.92 Å². The van der Waals surface area contributed by atoms with Gasteiger partial charge in [-0.2, -0.15) is 0 Å². The van der Waals surface area contributed by atoms with Gasteiger partial charge in [-0.3, -0.25) is 4.79 Å². The minimum Gasteiger partial charge on any atom is -0.461 e. The van der Waals surface area contributed by atoms with E-state index in [-0.39, 0.29) is 5.97 Å². The van der Waals surface area contributed by atoms with Crippen LogP contribution in [0.25, 0.3) is 0 Å². The van der Waals surface area contributed by atoms with Crippen LogP contribution in [0.2, 0.25) is 0 Å². The van der Waals surface area contributed by atoms with Crippen molar-refractivity contribution < 1.29 is 9.53 Å². The molecule has 0 unspecified atom stereocenters. The lowest BCUT2D eigenvalue weighted by Crippen LogP contribution is -2.08. The normalized spacial score (nSPS) is 10.6. The Morgan fingerprint density at radius 2 is 2.00 bits per heavy atom. The fraction of sp³-hybridized carbons (Fsp3) is 0.500. The van der Waals surface area contributed by atoms with E-state index in [2.05, 4.69) is 18.2 Å². The molecule has 0 aliphatic rings. The molecule has 0 saturated heterocycles. The second-order valence-corrected chi connectivity index (χ2v) is 4.69. The van der Waals surface area contributed by atoms with E-state index >= 15 is 0 Å². The molecule has 0 aliphatic carbocycles. The highest BCUT2D eigenvalue weighted by Crippen LogP contribution is 2.12. The van der Waals surface area contributed by atoms with Crippen molar-refractivity contribution >= 4 is 5.97 Å². The predicted molar refractivity (Wildman–Crippen MR) is 65.2 cm³/mol. The van der Waals surface area contributed by atoms with Crippen LogP contribution in [0.5, 0.6) is 0 Å². The maximum absolute atomic E-state index is 11.4. The average molecular weight is 220 g/mol. The third-order valence-corrected chi connectivity index (χ3v) is 2.47. The highest BCUT2D eigenvalue weighted by atomic mass is 16.5. The second kappa shape index (κ2) is 5.69. The van der Waals surface area contributed by atoms with E-state index in [0.717, 1.165) is 5.56 Å². The third kappa shape index (κ3) is 4.05. The summed E-state index contributed by atoms with van der Waals surface area (Å²) >= 11 is 0. The molecule has 0 aliphatic heterocycles. The van der Waals surface area contributed by atoms with Crippen molar-refractivity contribution in [2.75, 3.05) is 0 Å². The summed E-state index contributed by atoms with van der Waals surface area (Å²) in [6, 6.07) is 6.19. The Bertz CT molecular complexity index is 367. The molecule has 0 saturated carbocycles. The van der Waals surface area contributed by atoms with Gasteiger partial charge in [-0.1, -0.05) is 37.6 Å². The van der Waals surface area contributed by atoms with Gasteiger partial charge < -0.3 is 4.74 Å². The molecule has 0 atom stereocenters. The molecule has 2 nitrogen and oxygen atoms in total. The summed E-state index contributed by atoms with van der Waals surface area (Å²) < 4.78 is 5.24. The van der Waals surface area contributed by atoms with Gasteiger partial charge in [0.1, 0.15) is 6.61 Å². The van der Waals surface area contributed by atoms with E-state index < -0.39 is 0 Å². The van der Waals surface area contributed by atoms with Gasteiger partial charge in [-0.25, -0.2) is 0 Å². The molecule has 2 heteroatoms. The molecule has 0 N–H and O–H groups in total. The molecular weight excluding hydrogens is 200 g/mol. The SMILES string of the molecule is Cc1ccc(C)c(COC(=O)CC(C)C)c1. The zero-order chi connectivity index (χ0) is 12.1. The number of ether oxygens (including phenoxy) is 1. The molecule has 88 valence electrons.